The van der Waals surface area contributed by atoms with E-state index in [0.717, 1.165) is 0 Å². The highest BCUT2D eigenvalue weighted by Crippen LogP contribution is 2.18. The second-order valence-electron chi connectivity index (χ2n) is 3.57. The fourth-order valence-electron chi connectivity index (χ4n) is 1.36. The standard InChI is InChI=1S/C11H18N2O4S/c1-16-8-9-17-7-6-13-10-4-2-3-5-11(10)18(12,14)15/h2-5,13H,6-9H2,1H3,(H2,12,14,15). The van der Waals surface area contributed by atoms with Crippen molar-refractivity contribution >= 4 is 15.7 Å². The highest BCUT2D eigenvalue weighted by atomic mass is 32.2. The SMILES string of the molecule is COCCOCCNc1ccccc1S(N)(=O)=O. The molecule has 0 aliphatic heterocycles. The van der Waals surface area contributed by atoms with E-state index in [9.17, 15) is 8.42 Å². The number of para-hydroxylation sites is 1. The molecule has 1 aromatic rings. The molecule has 102 valence electrons. The van der Waals surface area contributed by atoms with Crippen LogP contribution in [-0.4, -0.2) is 41.9 Å². The summed E-state index contributed by atoms with van der Waals surface area (Å²) in [4.78, 5) is 0.0851. The first-order valence-corrected chi connectivity index (χ1v) is 7.02. The Bertz CT molecular complexity index is 462. The molecular formula is C11H18N2O4S. The normalized spacial score (nSPS) is 11.4. The van der Waals surface area contributed by atoms with E-state index in [2.05, 4.69) is 5.32 Å². The molecule has 0 atom stereocenters. The predicted octanol–water partition coefficient (Wildman–Crippen LogP) is 0.409. The first-order chi connectivity index (χ1) is 8.55. The Kier molecular flexibility index (Phi) is 6.06. The fourth-order valence-corrected chi connectivity index (χ4v) is 2.08. The van der Waals surface area contributed by atoms with Crippen LogP contribution >= 0.6 is 0 Å². The number of ether oxygens (including phenoxy) is 2. The van der Waals surface area contributed by atoms with Gasteiger partial charge in [-0.2, -0.15) is 0 Å². The van der Waals surface area contributed by atoms with Crippen LogP contribution in [0.3, 0.4) is 0 Å². The van der Waals surface area contributed by atoms with Gasteiger partial charge in [0.25, 0.3) is 0 Å². The molecule has 0 bridgehead atoms. The minimum Gasteiger partial charge on any atom is -0.382 e. The summed E-state index contributed by atoms with van der Waals surface area (Å²) in [6.07, 6.45) is 0. The van der Waals surface area contributed by atoms with E-state index in [1.165, 1.54) is 6.07 Å². The van der Waals surface area contributed by atoms with Crippen LogP contribution in [0.15, 0.2) is 29.2 Å². The van der Waals surface area contributed by atoms with Crippen LogP contribution in [-0.2, 0) is 19.5 Å². The average molecular weight is 274 g/mol. The van der Waals surface area contributed by atoms with Gasteiger partial charge in [0.2, 0.25) is 10.0 Å². The summed E-state index contributed by atoms with van der Waals surface area (Å²) in [5.41, 5.74) is 0.482. The summed E-state index contributed by atoms with van der Waals surface area (Å²) in [5.74, 6) is 0. The molecule has 0 saturated carbocycles. The Morgan fingerprint density at radius 3 is 2.61 bits per heavy atom. The third-order valence-electron chi connectivity index (χ3n) is 2.19. The molecule has 0 saturated heterocycles. The molecule has 0 radical (unpaired) electrons. The zero-order valence-corrected chi connectivity index (χ0v) is 11.1. The van der Waals surface area contributed by atoms with Crippen LogP contribution in [0, 0.1) is 0 Å². The molecule has 1 rings (SSSR count). The lowest BCUT2D eigenvalue weighted by molar-refractivity contribution is 0.0759. The fraction of sp³-hybridized carbons (Fsp3) is 0.455. The van der Waals surface area contributed by atoms with Gasteiger partial charge in [-0.05, 0) is 12.1 Å². The minimum atomic E-state index is -3.71. The number of methoxy groups -OCH3 is 1. The van der Waals surface area contributed by atoms with Crippen molar-refractivity contribution in [2.24, 2.45) is 5.14 Å². The Labute approximate surface area is 107 Å². The van der Waals surface area contributed by atoms with Crippen molar-refractivity contribution in [1.82, 2.24) is 0 Å². The maximum absolute atomic E-state index is 11.3. The summed E-state index contributed by atoms with van der Waals surface area (Å²) in [5, 5.41) is 8.08. The van der Waals surface area contributed by atoms with Gasteiger partial charge in [-0.3, -0.25) is 0 Å². The highest BCUT2D eigenvalue weighted by Gasteiger charge is 2.12. The lowest BCUT2D eigenvalue weighted by Crippen LogP contribution is -2.17. The van der Waals surface area contributed by atoms with Gasteiger partial charge in [-0.25, -0.2) is 13.6 Å². The second-order valence-corrected chi connectivity index (χ2v) is 5.10. The third-order valence-corrected chi connectivity index (χ3v) is 3.16. The number of hydrogen-bond donors (Lipinski definition) is 2. The number of rotatable bonds is 8. The van der Waals surface area contributed by atoms with Gasteiger partial charge in [0.1, 0.15) is 4.90 Å². The molecule has 7 heteroatoms. The van der Waals surface area contributed by atoms with Crippen molar-refractivity contribution in [1.29, 1.82) is 0 Å². The van der Waals surface area contributed by atoms with E-state index in [1.54, 1.807) is 25.3 Å². The van der Waals surface area contributed by atoms with Crippen molar-refractivity contribution < 1.29 is 17.9 Å². The van der Waals surface area contributed by atoms with Crippen LogP contribution in [0.2, 0.25) is 0 Å². The molecule has 0 unspecified atom stereocenters. The zero-order chi connectivity index (χ0) is 13.4. The second kappa shape index (κ2) is 7.32. The summed E-state index contributed by atoms with van der Waals surface area (Å²) < 4.78 is 32.7. The first kappa shape index (κ1) is 14.9. The van der Waals surface area contributed by atoms with Crippen molar-refractivity contribution in [2.75, 3.05) is 38.8 Å². The van der Waals surface area contributed by atoms with Gasteiger partial charge >= 0.3 is 0 Å². The average Bonchev–Trinajstić information content (AvgIpc) is 2.33. The number of nitrogens with one attached hydrogen (secondary N) is 1. The van der Waals surface area contributed by atoms with Crippen molar-refractivity contribution in [3.63, 3.8) is 0 Å². The summed E-state index contributed by atoms with van der Waals surface area (Å²) >= 11 is 0. The van der Waals surface area contributed by atoms with Crippen LogP contribution < -0.4 is 10.5 Å². The molecule has 0 aliphatic rings. The maximum atomic E-state index is 11.3. The monoisotopic (exact) mass is 274 g/mol. The van der Waals surface area contributed by atoms with E-state index in [1.807, 2.05) is 0 Å². The van der Waals surface area contributed by atoms with E-state index in [-0.39, 0.29) is 4.90 Å². The minimum absolute atomic E-state index is 0.0851. The van der Waals surface area contributed by atoms with Crippen LogP contribution in [0.5, 0.6) is 0 Å². The molecule has 3 N–H and O–H groups in total. The molecule has 0 spiro atoms. The van der Waals surface area contributed by atoms with E-state index < -0.39 is 10.0 Å². The molecule has 6 nitrogen and oxygen atoms in total. The predicted molar refractivity (Wildman–Crippen MR) is 69.0 cm³/mol. The zero-order valence-electron chi connectivity index (χ0n) is 10.3. The molecule has 0 aromatic heterocycles. The maximum Gasteiger partial charge on any atom is 0.240 e. The summed E-state index contributed by atoms with van der Waals surface area (Å²) in [6.45, 7) is 2.00. The summed E-state index contributed by atoms with van der Waals surface area (Å²) in [7, 11) is -2.11. The molecule has 0 aliphatic carbocycles. The molecule has 18 heavy (non-hydrogen) atoms. The van der Waals surface area contributed by atoms with Gasteiger partial charge in [0.15, 0.2) is 0 Å². The van der Waals surface area contributed by atoms with Gasteiger partial charge in [0.05, 0.1) is 25.5 Å². The third kappa shape index (κ3) is 5.01. The van der Waals surface area contributed by atoms with Gasteiger partial charge in [0, 0.05) is 13.7 Å². The topological polar surface area (TPSA) is 90.7 Å². The molecule has 1 aromatic carbocycles. The van der Waals surface area contributed by atoms with Gasteiger partial charge in [-0.1, -0.05) is 12.1 Å². The summed E-state index contributed by atoms with van der Waals surface area (Å²) in [6, 6.07) is 6.49. The van der Waals surface area contributed by atoms with E-state index >= 15 is 0 Å². The van der Waals surface area contributed by atoms with Crippen molar-refractivity contribution in [2.45, 2.75) is 4.90 Å². The number of hydrogen-bond acceptors (Lipinski definition) is 5. The Balaban J connectivity index is 2.48. The first-order valence-electron chi connectivity index (χ1n) is 5.48. The number of sulfonamides is 1. The van der Waals surface area contributed by atoms with Gasteiger partial charge in [-0.15, -0.1) is 0 Å². The number of primary sulfonamides is 1. The molecule has 0 fully saturated rings. The molecule has 0 amide bonds. The van der Waals surface area contributed by atoms with Crippen molar-refractivity contribution in [3.8, 4) is 0 Å². The van der Waals surface area contributed by atoms with E-state index in [0.29, 0.717) is 32.1 Å². The van der Waals surface area contributed by atoms with Crippen molar-refractivity contribution in [3.05, 3.63) is 24.3 Å². The van der Waals surface area contributed by atoms with Crippen LogP contribution in [0.25, 0.3) is 0 Å². The van der Waals surface area contributed by atoms with Crippen LogP contribution in [0.1, 0.15) is 0 Å². The number of anilines is 1. The highest BCUT2D eigenvalue weighted by molar-refractivity contribution is 7.89. The van der Waals surface area contributed by atoms with E-state index in [4.69, 9.17) is 14.6 Å². The largest absolute Gasteiger partial charge is 0.382 e. The Hall–Kier alpha value is -1.15. The molecule has 0 heterocycles. The number of nitrogens with two attached hydrogens (primary N) is 1. The van der Waals surface area contributed by atoms with Crippen LogP contribution in [0.4, 0.5) is 5.69 Å². The van der Waals surface area contributed by atoms with Gasteiger partial charge < -0.3 is 14.8 Å². The lowest BCUT2D eigenvalue weighted by atomic mass is 10.3. The number of benzene rings is 1. The Morgan fingerprint density at radius 2 is 1.94 bits per heavy atom. The quantitative estimate of drug-likeness (QED) is 0.670. The molecular weight excluding hydrogens is 256 g/mol. The smallest absolute Gasteiger partial charge is 0.240 e. The Morgan fingerprint density at radius 1 is 1.22 bits per heavy atom. The lowest BCUT2D eigenvalue weighted by Gasteiger charge is -2.10.